The van der Waals surface area contributed by atoms with Crippen molar-refractivity contribution < 1.29 is 13.2 Å². The van der Waals surface area contributed by atoms with E-state index in [1.807, 2.05) is 18.2 Å². The quantitative estimate of drug-likeness (QED) is 0.787. The molecule has 2 N–H and O–H groups in total. The van der Waals surface area contributed by atoms with Crippen molar-refractivity contribution in [1.29, 1.82) is 5.26 Å². The summed E-state index contributed by atoms with van der Waals surface area (Å²) in [5.74, 6) is -0.312. The van der Waals surface area contributed by atoms with Crippen LogP contribution in [0.1, 0.15) is 37.7 Å². The van der Waals surface area contributed by atoms with Gasteiger partial charge in [0.25, 0.3) is 0 Å². The maximum absolute atomic E-state index is 11.9. The van der Waals surface area contributed by atoms with E-state index in [9.17, 15) is 18.5 Å². The van der Waals surface area contributed by atoms with Crippen LogP contribution in [-0.4, -0.2) is 26.4 Å². The van der Waals surface area contributed by atoms with E-state index in [1.54, 1.807) is 12.1 Å². The topological polar surface area (TPSA) is 99.1 Å². The second-order valence-electron chi connectivity index (χ2n) is 5.85. The van der Waals surface area contributed by atoms with Crippen LogP contribution in [0.4, 0.5) is 0 Å². The highest BCUT2D eigenvalue weighted by Crippen LogP contribution is 2.28. The Hall–Kier alpha value is -2.17. The van der Waals surface area contributed by atoms with E-state index < -0.39 is 15.6 Å². The molecule has 1 aliphatic rings. The molecule has 0 unspecified atom stereocenters. The highest BCUT2D eigenvalue weighted by Gasteiger charge is 2.35. The monoisotopic (exact) mass is 347 g/mol. The molecule has 0 aliphatic heterocycles. The lowest BCUT2D eigenvalue weighted by atomic mass is 10.00. The highest BCUT2D eigenvalue weighted by atomic mass is 32.2. The molecule has 1 aliphatic carbocycles. The van der Waals surface area contributed by atoms with E-state index in [0.29, 0.717) is 12.8 Å². The van der Waals surface area contributed by atoms with Crippen molar-refractivity contribution in [2.45, 2.75) is 37.6 Å². The third-order valence-electron chi connectivity index (χ3n) is 3.94. The summed E-state index contributed by atoms with van der Waals surface area (Å²) in [6, 6.07) is 11.2. The molecule has 2 rings (SSSR count). The summed E-state index contributed by atoms with van der Waals surface area (Å²) in [6.07, 6.45) is 4.64. The first-order chi connectivity index (χ1) is 11.4. The van der Waals surface area contributed by atoms with E-state index in [0.717, 1.165) is 23.8 Å². The van der Waals surface area contributed by atoms with Gasteiger partial charge in [0.05, 0.1) is 6.07 Å². The smallest absolute Gasteiger partial charge is 0.233 e. The van der Waals surface area contributed by atoms with Gasteiger partial charge >= 0.3 is 0 Å². The number of nitrogens with one attached hydrogen (secondary N) is 2. The van der Waals surface area contributed by atoms with E-state index in [4.69, 9.17) is 0 Å². The maximum atomic E-state index is 11.9. The zero-order chi connectivity index (χ0) is 17.5. The Balaban J connectivity index is 1.79. The zero-order valence-electron chi connectivity index (χ0n) is 13.4. The minimum Gasteiger partial charge on any atom is -0.338 e. The van der Waals surface area contributed by atoms with Gasteiger partial charge < -0.3 is 5.32 Å². The van der Waals surface area contributed by atoms with E-state index >= 15 is 0 Å². The summed E-state index contributed by atoms with van der Waals surface area (Å²) >= 11 is 0. The summed E-state index contributed by atoms with van der Waals surface area (Å²) in [5, 5.41) is 13.0. The fourth-order valence-corrected chi connectivity index (χ4v) is 3.48. The van der Waals surface area contributed by atoms with Gasteiger partial charge in [0.2, 0.25) is 15.9 Å². The molecule has 0 heterocycles. The van der Waals surface area contributed by atoms with Gasteiger partial charge in [-0.15, -0.1) is 0 Å². The number of hydrogen-bond donors (Lipinski definition) is 2. The molecule has 1 aromatic rings. The van der Waals surface area contributed by atoms with Gasteiger partial charge in [0, 0.05) is 18.4 Å². The third-order valence-corrected chi connectivity index (χ3v) is 5.05. The average molecular weight is 347 g/mol. The Kier molecular flexibility index (Phi) is 6.12. The van der Waals surface area contributed by atoms with Gasteiger partial charge in [-0.25, -0.2) is 13.1 Å². The molecule has 128 valence electrons. The Morgan fingerprint density at radius 1 is 1.25 bits per heavy atom. The number of carbonyl (C=O) groups is 1. The lowest BCUT2D eigenvalue weighted by molar-refractivity contribution is -0.122. The number of amides is 1. The van der Waals surface area contributed by atoms with Crippen LogP contribution >= 0.6 is 0 Å². The summed E-state index contributed by atoms with van der Waals surface area (Å²) in [7, 11) is -3.60. The first-order valence-electron chi connectivity index (χ1n) is 7.90. The second-order valence-corrected chi connectivity index (χ2v) is 7.50. The van der Waals surface area contributed by atoms with Crippen LogP contribution in [0, 0.1) is 11.3 Å². The molecule has 0 aromatic heterocycles. The van der Waals surface area contributed by atoms with Gasteiger partial charge in [0.15, 0.2) is 0 Å². The molecule has 0 bridgehead atoms. The second kappa shape index (κ2) is 8.08. The standard InChI is InChI=1S/C17H21N3O3S/c18-14-17(10-4-5-11-17)20-16(21)8-12-19-24(22,23)13-9-15-6-2-1-3-7-15/h1-3,6-7,9,13,19H,4-5,8,10-12H2,(H,20,21)/b13-9+. The number of hydrogen-bond acceptors (Lipinski definition) is 4. The summed E-state index contributed by atoms with van der Waals surface area (Å²) < 4.78 is 26.1. The Bertz CT molecular complexity index is 730. The fourth-order valence-electron chi connectivity index (χ4n) is 2.66. The number of benzene rings is 1. The molecule has 0 spiro atoms. The van der Waals surface area contributed by atoms with Crippen molar-refractivity contribution in [3.05, 3.63) is 41.3 Å². The number of rotatable bonds is 7. The minimum absolute atomic E-state index is 0.00182. The van der Waals surface area contributed by atoms with Crippen molar-refractivity contribution in [3.63, 3.8) is 0 Å². The van der Waals surface area contributed by atoms with E-state index in [1.165, 1.54) is 6.08 Å². The molecule has 0 atom stereocenters. The van der Waals surface area contributed by atoms with Crippen molar-refractivity contribution in [1.82, 2.24) is 10.0 Å². The predicted molar refractivity (Wildman–Crippen MR) is 92.0 cm³/mol. The van der Waals surface area contributed by atoms with Gasteiger partial charge in [0.1, 0.15) is 5.54 Å². The van der Waals surface area contributed by atoms with E-state index in [2.05, 4.69) is 16.1 Å². The number of nitriles is 1. The molecule has 1 fully saturated rings. The molecule has 0 saturated heterocycles. The number of nitrogens with zero attached hydrogens (tertiary/aromatic N) is 1. The van der Waals surface area contributed by atoms with Crippen molar-refractivity contribution in [2.24, 2.45) is 0 Å². The van der Waals surface area contributed by atoms with Crippen molar-refractivity contribution in [3.8, 4) is 6.07 Å². The Morgan fingerprint density at radius 2 is 1.92 bits per heavy atom. The average Bonchev–Trinajstić information content (AvgIpc) is 3.03. The number of sulfonamides is 1. The first-order valence-corrected chi connectivity index (χ1v) is 9.44. The van der Waals surface area contributed by atoms with Crippen molar-refractivity contribution in [2.75, 3.05) is 6.54 Å². The third kappa shape index (κ3) is 5.48. The van der Waals surface area contributed by atoms with Crippen molar-refractivity contribution >= 4 is 22.0 Å². The molecule has 1 amide bonds. The summed E-state index contributed by atoms with van der Waals surface area (Å²) in [6.45, 7) is -0.00515. The van der Waals surface area contributed by atoms with Gasteiger partial charge in [-0.1, -0.05) is 30.3 Å². The van der Waals surface area contributed by atoms with Gasteiger partial charge in [-0.2, -0.15) is 5.26 Å². The van der Waals surface area contributed by atoms with Crippen LogP contribution in [0.25, 0.3) is 6.08 Å². The Morgan fingerprint density at radius 3 is 2.54 bits per heavy atom. The lowest BCUT2D eigenvalue weighted by Crippen LogP contribution is -2.45. The molecule has 1 saturated carbocycles. The van der Waals surface area contributed by atoms with Crippen LogP contribution in [0.2, 0.25) is 0 Å². The maximum Gasteiger partial charge on any atom is 0.233 e. The predicted octanol–water partition coefficient (Wildman–Crippen LogP) is 1.92. The molecular formula is C17H21N3O3S. The largest absolute Gasteiger partial charge is 0.338 e. The first kappa shape index (κ1) is 18.2. The van der Waals surface area contributed by atoms with Crippen LogP contribution in [0.15, 0.2) is 35.7 Å². The van der Waals surface area contributed by atoms with Crippen LogP contribution in [0.3, 0.4) is 0 Å². The normalized spacial score (nSPS) is 16.8. The SMILES string of the molecule is N#CC1(NC(=O)CCNS(=O)(=O)/C=C/c2ccccc2)CCCC1. The van der Waals surface area contributed by atoms with Gasteiger partial charge in [-0.3, -0.25) is 4.79 Å². The molecule has 0 radical (unpaired) electrons. The van der Waals surface area contributed by atoms with E-state index in [-0.39, 0.29) is 18.9 Å². The lowest BCUT2D eigenvalue weighted by Gasteiger charge is -2.21. The molecule has 1 aromatic carbocycles. The summed E-state index contributed by atoms with van der Waals surface area (Å²) in [5.41, 5.74) is 0.00112. The Labute approximate surface area is 142 Å². The molecule has 6 nitrogen and oxygen atoms in total. The van der Waals surface area contributed by atoms with Crippen LogP contribution in [0.5, 0.6) is 0 Å². The summed E-state index contributed by atoms with van der Waals surface area (Å²) in [4.78, 5) is 11.9. The molecule has 7 heteroatoms. The zero-order valence-corrected chi connectivity index (χ0v) is 14.2. The van der Waals surface area contributed by atoms with Crippen LogP contribution < -0.4 is 10.0 Å². The molecular weight excluding hydrogens is 326 g/mol. The van der Waals surface area contributed by atoms with Gasteiger partial charge in [-0.05, 0) is 37.3 Å². The van der Waals surface area contributed by atoms with Crippen LogP contribution in [-0.2, 0) is 14.8 Å². The number of carbonyl (C=O) groups excluding carboxylic acids is 1. The minimum atomic E-state index is -3.60. The molecule has 24 heavy (non-hydrogen) atoms. The highest BCUT2D eigenvalue weighted by molar-refractivity contribution is 7.92. The fraction of sp³-hybridized carbons (Fsp3) is 0.412.